The minimum Gasteiger partial charge on any atom is -0.496 e. The molecule has 1 aliphatic heterocycles. The largest absolute Gasteiger partial charge is 0.496 e. The van der Waals surface area contributed by atoms with Crippen LogP contribution < -0.4 is 9.47 Å². The Balaban J connectivity index is 2.17. The lowest BCUT2D eigenvalue weighted by atomic mass is 9.97. The van der Waals surface area contributed by atoms with E-state index in [0.29, 0.717) is 0 Å². The molecule has 1 heterocycles. The van der Waals surface area contributed by atoms with Crippen molar-refractivity contribution in [1.82, 2.24) is 0 Å². The zero-order valence-electron chi connectivity index (χ0n) is 10.5. The fraction of sp³-hybridized carbons (Fsp3) is 0.250. The van der Waals surface area contributed by atoms with Crippen LogP contribution in [-0.2, 0) is 6.42 Å². The normalized spacial score (nSPS) is 13.6. The summed E-state index contributed by atoms with van der Waals surface area (Å²) in [7, 11) is 1.70. The molecule has 92 valence electrons. The summed E-state index contributed by atoms with van der Waals surface area (Å²) in [5, 5.41) is 0. The minimum atomic E-state index is 0.805. The molecule has 0 N–H and O–H groups in total. The van der Waals surface area contributed by atoms with Gasteiger partial charge in [-0.2, -0.15) is 0 Å². The molecule has 2 nitrogen and oxygen atoms in total. The van der Waals surface area contributed by atoms with Crippen molar-refractivity contribution in [2.24, 2.45) is 0 Å². The molecule has 2 aromatic carbocycles. The van der Waals surface area contributed by atoms with Crippen LogP contribution in [0.2, 0.25) is 0 Å². The van der Waals surface area contributed by atoms with Crippen LogP contribution in [0.4, 0.5) is 0 Å². The second-order valence-electron chi connectivity index (χ2n) is 4.45. The van der Waals surface area contributed by atoms with E-state index in [1.165, 1.54) is 5.56 Å². The predicted molar refractivity (Wildman–Crippen MR) is 72.2 cm³/mol. The van der Waals surface area contributed by atoms with E-state index in [-0.39, 0.29) is 0 Å². The lowest BCUT2D eigenvalue weighted by Gasteiger charge is -2.21. The maximum absolute atomic E-state index is 5.85. The van der Waals surface area contributed by atoms with E-state index >= 15 is 0 Å². The molecule has 2 aromatic rings. The van der Waals surface area contributed by atoms with E-state index < -0.39 is 0 Å². The number of hydrogen-bond donors (Lipinski definition) is 0. The highest BCUT2D eigenvalue weighted by atomic mass is 16.5. The molecule has 2 heteroatoms. The van der Waals surface area contributed by atoms with E-state index in [4.69, 9.17) is 9.47 Å². The number of para-hydroxylation sites is 2. The Morgan fingerprint density at radius 3 is 2.72 bits per heavy atom. The Morgan fingerprint density at radius 1 is 1.00 bits per heavy atom. The highest BCUT2D eigenvalue weighted by Gasteiger charge is 2.17. The van der Waals surface area contributed by atoms with E-state index in [9.17, 15) is 0 Å². The molecule has 0 aliphatic carbocycles. The van der Waals surface area contributed by atoms with Gasteiger partial charge >= 0.3 is 0 Å². The third-order valence-corrected chi connectivity index (χ3v) is 3.33. The molecule has 18 heavy (non-hydrogen) atoms. The van der Waals surface area contributed by atoms with Crippen molar-refractivity contribution in [3.05, 3.63) is 48.0 Å². The van der Waals surface area contributed by atoms with Crippen molar-refractivity contribution in [2.45, 2.75) is 12.8 Å². The molecule has 0 atom stereocenters. The first kappa shape index (κ1) is 11.1. The SMILES string of the molecule is COc1ccccc1-c1cccc2c1OCCC2. The fourth-order valence-electron chi connectivity index (χ4n) is 2.47. The quantitative estimate of drug-likeness (QED) is 0.797. The van der Waals surface area contributed by atoms with Crippen LogP contribution in [0, 0.1) is 0 Å². The summed E-state index contributed by atoms with van der Waals surface area (Å²) in [6, 6.07) is 14.4. The van der Waals surface area contributed by atoms with Crippen LogP contribution in [0.15, 0.2) is 42.5 Å². The van der Waals surface area contributed by atoms with Crippen LogP contribution in [0.3, 0.4) is 0 Å². The van der Waals surface area contributed by atoms with Crippen LogP contribution in [0.5, 0.6) is 11.5 Å². The third kappa shape index (κ3) is 1.84. The maximum atomic E-state index is 5.85. The maximum Gasteiger partial charge on any atom is 0.130 e. The Hall–Kier alpha value is -1.96. The molecule has 0 bridgehead atoms. The van der Waals surface area contributed by atoms with Crippen LogP contribution in [-0.4, -0.2) is 13.7 Å². The summed E-state index contributed by atoms with van der Waals surface area (Å²) >= 11 is 0. The fourth-order valence-corrected chi connectivity index (χ4v) is 2.47. The van der Waals surface area contributed by atoms with Gasteiger partial charge in [-0.15, -0.1) is 0 Å². The molecule has 0 saturated heterocycles. The van der Waals surface area contributed by atoms with E-state index in [2.05, 4.69) is 24.3 Å². The van der Waals surface area contributed by atoms with Gasteiger partial charge in [0.1, 0.15) is 11.5 Å². The monoisotopic (exact) mass is 240 g/mol. The number of fused-ring (bicyclic) bond motifs is 1. The number of aryl methyl sites for hydroxylation is 1. The summed E-state index contributed by atoms with van der Waals surface area (Å²) in [6.45, 7) is 0.805. The smallest absolute Gasteiger partial charge is 0.130 e. The van der Waals surface area contributed by atoms with Gasteiger partial charge in [-0.05, 0) is 24.5 Å². The number of hydrogen-bond acceptors (Lipinski definition) is 2. The zero-order chi connectivity index (χ0) is 12.4. The zero-order valence-corrected chi connectivity index (χ0v) is 10.5. The summed E-state index contributed by atoms with van der Waals surface area (Å²) in [6.07, 6.45) is 2.20. The lowest BCUT2D eigenvalue weighted by molar-refractivity contribution is 0.289. The second kappa shape index (κ2) is 4.73. The number of rotatable bonds is 2. The Kier molecular flexibility index (Phi) is 2.93. The molecule has 0 radical (unpaired) electrons. The molecule has 3 rings (SSSR count). The molecule has 0 aromatic heterocycles. The number of methoxy groups -OCH3 is 1. The molecular formula is C16H16O2. The molecule has 0 saturated carbocycles. The summed E-state index contributed by atoms with van der Waals surface area (Å²) in [5.41, 5.74) is 3.52. The summed E-state index contributed by atoms with van der Waals surface area (Å²) in [4.78, 5) is 0. The van der Waals surface area contributed by atoms with Gasteiger partial charge in [0.05, 0.1) is 13.7 Å². The molecule has 1 aliphatic rings. The molecule has 0 amide bonds. The van der Waals surface area contributed by atoms with Gasteiger partial charge in [0.25, 0.3) is 0 Å². The van der Waals surface area contributed by atoms with Gasteiger partial charge < -0.3 is 9.47 Å². The summed E-state index contributed by atoms with van der Waals surface area (Å²) < 4.78 is 11.3. The highest BCUT2D eigenvalue weighted by molar-refractivity contribution is 5.77. The van der Waals surface area contributed by atoms with Crippen molar-refractivity contribution in [3.63, 3.8) is 0 Å². The van der Waals surface area contributed by atoms with Gasteiger partial charge in [-0.1, -0.05) is 36.4 Å². The van der Waals surface area contributed by atoms with E-state index in [1.54, 1.807) is 7.11 Å². The third-order valence-electron chi connectivity index (χ3n) is 3.33. The number of ether oxygens (including phenoxy) is 2. The van der Waals surface area contributed by atoms with Crippen molar-refractivity contribution in [3.8, 4) is 22.6 Å². The van der Waals surface area contributed by atoms with E-state index in [1.807, 2.05) is 18.2 Å². The molecular weight excluding hydrogens is 224 g/mol. The Morgan fingerprint density at radius 2 is 1.83 bits per heavy atom. The molecule has 0 fully saturated rings. The Bertz CT molecular complexity index is 561. The first-order chi connectivity index (χ1) is 8.90. The first-order valence-corrected chi connectivity index (χ1v) is 6.28. The molecule has 0 spiro atoms. The second-order valence-corrected chi connectivity index (χ2v) is 4.45. The average molecular weight is 240 g/mol. The lowest BCUT2D eigenvalue weighted by Crippen LogP contribution is -2.09. The van der Waals surface area contributed by atoms with Crippen molar-refractivity contribution >= 4 is 0 Å². The van der Waals surface area contributed by atoms with Gasteiger partial charge in [-0.3, -0.25) is 0 Å². The van der Waals surface area contributed by atoms with Crippen LogP contribution in [0.25, 0.3) is 11.1 Å². The van der Waals surface area contributed by atoms with Gasteiger partial charge in [-0.25, -0.2) is 0 Å². The van der Waals surface area contributed by atoms with Crippen LogP contribution >= 0.6 is 0 Å². The minimum absolute atomic E-state index is 0.805. The first-order valence-electron chi connectivity index (χ1n) is 6.28. The van der Waals surface area contributed by atoms with Crippen LogP contribution in [0.1, 0.15) is 12.0 Å². The van der Waals surface area contributed by atoms with Gasteiger partial charge in [0.2, 0.25) is 0 Å². The average Bonchev–Trinajstić information content (AvgIpc) is 2.46. The summed E-state index contributed by atoms with van der Waals surface area (Å²) in [5.74, 6) is 1.91. The topological polar surface area (TPSA) is 18.5 Å². The van der Waals surface area contributed by atoms with Crippen molar-refractivity contribution < 1.29 is 9.47 Å². The predicted octanol–water partition coefficient (Wildman–Crippen LogP) is 3.69. The van der Waals surface area contributed by atoms with E-state index in [0.717, 1.165) is 42.1 Å². The van der Waals surface area contributed by atoms with Gasteiger partial charge in [0.15, 0.2) is 0 Å². The van der Waals surface area contributed by atoms with Gasteiger partial charge in [0, 0.05) is 11.1 Å². The van der Waals surface area contributed by atoms with Crippen molar-refractivity contribution in [1.29, 1.82) is 0 Å². The van der Waals surface area contributed by atoms with Crippen molar-refractivity contribution in [2.75, 3.05) is 13.7 Å². The standard InChI is InChI=1S/C16H16O2/c1-17-15-10-3-2-8-13(15)14-9-4-6-12-7-5-11-18-16(12)14/h2-4,6,8-10H,5,7,11H2,1H3. The molecule has 0 unspecified atom stereocenters. The number of benzene rings is 2. The Labute approximate surface area is 107 Å². The highest BCUT2D eigenvalue weighted by Crippen LogP contribution is 2.39.